The minimum Gasteiger partial charge on any atom is -0.481 e. The van der Waals surface area contributed by atoms with E-state index >= 15 is 0 Å². The number of benzene rings is 1. The third-order valence-corrected chi connectivity index (χ3v) is 5.31. The summed E-state index contributed by atoms with van der Waals surface area (Å²) in [7, 11) is -1.06. The molecule has 1 aromatic rings. The fraction of sp³-hybridized carbons (Fsp3) is 0.500. The highest BCUT2D eigenvalue weighted by atomic mass is 32.2. The molecule has 1 aromatic carbocycles. The molecular weight excluding hydrogens is 294 g/mol. The number of non-ortho nitro benzene ring substituents is 1. The minimum atomic E-state index is -1.06. The molecule has 1 fully saturated rings. The van der Waals surface area contributed by atoms with Crippen LogP contribution in [0.1, 0.15) is 24.8 Å². The van der Waals surface area contributed by atoms with Crippen molar-refractivity contribution in [3.05, 3.63) is 39.9 Å². The highest BCUT2D eigenvalue weighted by Gasteiger charge is 2.45. The van der Waals surface area contributed by atoms with E-state index in [1.165, 1.54) is 12.1 Å². The van der Waals surface area contributed by atoms with Gasteiger partial charge in [0.25, 0.3) is 5.69 Å². The van der Waals surface area contributed by atoms with E-state index in [9.17, 15) is 19.1 Å². The lowest BCUT2D eigenvalue weighted by molar-refractivity contribution is -0.384. The molecular formula is C14H17NO5S. The summed E-state index contributed by atoms with van der Waals surface area (Å²) in [6.07, 6.45) is 2.34. The molecule has 114 valence electrons. The monoisotopic (exact) mass is 311 g/mol. The lowest BCUT2D eigenvalue weighted by Crippen LogP contribution is -2.18. The lowest BCUT2D eigenvalue weighted by Gasteiger charge is -2.11. The van der Waals surface area contributed by atoms with E-state index in [2.05, 4.69) is 0 Å². The van der Waals surface area contributed by atoms with Crippen LogP contribution in [-0.2, 0) is 22.0 Å². The quantitative estimate of drug-likeness (QED) is 0.586. The molecule has 0 radical (unpaired) electrons. The van der Waals surface area contributed by atoms with Gasteiger partial charge >= 0.3 is 5.97 Å². The number of carboxylic acid groups (broad SMARTS) is 1. The number of rotatable bonds is 8. The van der Waals surface area contributed by atoms with Crippen LogP contribution in [0.15, 0.2) is 24.3 Å². The standard InChI is InChI=1S/C14H17NO5S/c16-13(17)9-14(6-7-14)10-21(20)8-5-11-1-3-12(4-2-11)15(18)19/h1-4H,5-10H2,(H,16,17). The summed E-state index contributed by atoms with van der Waals surface area (Å²) in [5.41, 5.74) is 0.682. The van der Waals surface area contributed by atoms with Gasteiger partial charge in [-0.1, -0.05) is 12.1 Å². The van der Waals surface area contributed by atoms with Gasteiger partial charge in [-0.05, 0) is 30.2 Å². The van der Waals surface area contributed by atoms with Crippen LogP contribution in [0.25, 0.3) is 0 Å². The molecule has 0 amide bonds. The molecule has 0 spiro atoms. The van der Waals surface area contributed by atoms with E-state index in [0.717, 1.165) is 18.4 Å². The van der Waals surface area contributed by atoms with E-state index in [-0.39, 0.29) is 17.5 Å². The first-order valence-electron chi connectivity index (χ1n) is 6.70. The van der Waals surface area contributed by atoms with Gasteiger partial charge in [0, 0.05) is 34.4 Å². The highest BCUT2D eigenvalue weighted by molar-refractivity contribution is 7.85. The second-order valence-corrected chi connectivity index (χ2v) is 7.11. The summed E-state index contributed by atoms with van der Waals surface area (Å²) in [6, 6.07) is 6.20. The Kier molecular flexibility index (Phi) is 4.72. The Balaban J connectivity index is 1.81. The first-order chi connectivity index (χ1) is 9.90. The minimum absolute atomic E-state index is 0.0401. The molecule has 1 aliphatic rings. The Morgan fingerprint density at radius 2 is 1.95 bits per heavy atom. The van der Waals surface area contributed by atoms with Crippen molar-refractivity contribution in [2.24, 2.45) is 5.41 Å². The van der Waals surface area contributed by atoms with Crippen LogP contribution in [0.4, 0.5) is 5.69 Å². The maximum atomic E-state index is 12.0. The van der Waals surface area contributed by atoms with Crippen LogP contribution >= 0.6 is 0 Å². The molecule has 0 aromatic heterocycles. The Labute approximate surface area is 124 Å². The molecule has 0 saturated heterocycles. The second kappa shape index (κ2) is 6.34. The van der Waals surface area contributed by atoms with E-state index in [0.29, 0.717) is 17.9 Å². The number of nitro benzene ring substituents is 1. The van der Waals surface area contributed by atoms with Gasteiger partial charge in [-0.15, -0.1) is 0 Å². The van der Waals surface area contributed by atoms with Crippen molar-refractivity contribution in [1.82, 2.24) is 0 Å². The van der Waals surface area contributed by atoms with Gasteiger partial charge in [0.2, 0.25) is 0 Å². The number of aliphatic carboxylic acids is 1. The van der Waals surface area contributed by atoms with Gasteiger partial charge in [-0.3, -0.25) is 19.1 Å². The third kappa shape index (κ3) is 4.63. The molecule has 0 heterocycles. The summed E-state index contributed by atoms with van der Waals surface area (Å²) in [4.78, 5) is 20.8. The van der Waals surface area contributed by atoms with Crippen LogP contribution in [-0.4, -0.2) is 31.7 Å². The van der Waals surface area contributed by atoms with Gasteiger partial charge in [-0.25, -0.2) is 0 Å². The van der Waals surface area contributed by atoms with Gasteiger partial charge in [0.1, 0.15) is 0 Å². The van der Waals surface area contributed by atoms with Crippen molar-refractivity contribution in [1.29, 1.82) is 0 Å². The predicted molar refractivity (Wildman–Crippen MR) is 78.6 cm³/mol. The zero-order valence-corrected chi connectivity index (χ0v) is 12.3. The SMILES string of the molecule is O=C(O)CC1(CS(=O)CCc2ccc([N+](=O)[O-])cc2)CC1. The zero-order valence-electron chi connectivity index (χ0n) is 11.5. The summed E-state index contributed by atoms with van der Waals surface area (Å²) >= 11 is 0. The number of nitrogens with zero attached hydrogens (tertiary/aromatic N) is 1. The van der Waals surface area contributed by atoms with Crippen molar-refractivity contribution in [3.63, 3.8) is 0 Å². The number of aryl methyl sites for hydroxylation is 1. The topological polar surface area (TPSA) is 97.5 Å². The van der Waals surface area contributed by atoms with Crippen LogP contribution in [0, 0.1) is 15.5 Å². The number of carbonyl (C=O) groups is 1. The van der Waals surface area contributed by atoms with Gasteiger partial charge in [0.15, 0.2) is 0 Å². The molecule has 7 heteroatoms. The lowest BCUT2D eigenvalue weighted by atomic mass is 10.1. The molecule has 6 nitrogen and oxygen atoms in total. The van der Waals surface area contributed by atoms with Crippen molar-refractivity contribution in [2.45, 2.75) is 25.7 Å². The zero-order chi connectivity index (χ0) is 15.5. The van der Waals surface area contributed by atoms with E-state index in [1.807, 2.05) is 0 Å². The number of hydrogen-bond donors (Lipinski definition) is 1. The maximum absolute atomic E-state index is 12.0. The highest BCUT2D eigenvalue weighted by Crippen LogP contribution is 2.49. The van der Waals surface area contributed by atoms with E-state index < -0.39 is 21.7 Å². The largest absolute Gasteiger partial charge is 0.481 e. The first kappa shape index (κ1) is 15.6. The predicted octanol–water partition coefficient (Wildman–Crippen LogP) is 2.14. The van der Waals surface area contributed by atoms with Gasteiger partial charge < -0.3 is 5.11 Å². The maximum Gasteiger partial charge on any atom is 0.303 e. The summed E-state index contributed by atoms with van der Waals surface area (Å²) < 4.78 is 12.0. The molecule has 1 N–H and O–H groups in total. The number of carboxylic acids is 1. The normalized spacial score (nSPS) is 17.1. The second-order valence-electron chi connectivity index (χ2n) is 5.53. The average molecular weight is 311 g/mol. The average Bonchev–Trinajstić information content (AvgIpc) is 3.15. The molecule has 0 aliphatic heterocycles. The number of nitro groups is 1. The van der Waals surface area contributed by atoms with E-state index in [4.69, 9.17) is 5.11 Å². The van der Waals surface area contributed by atoms with Crippen molar-refractivity contribution >= 4 is 22.5 Å². The van der Waals surface area contributed by atoms with Gasteiger partial charge in [0.05, 0.1) is 11.3 Å². The van der Waals surface area contributed by atoms with Crippen LogP contribution in [0.5, 0.6) is 0 Å². The fourth-order valence-electron chi connectivity index (χ4n) is 2.30. The van der Waals surface area contributed by atoms with Crippen LogP contribution in [0.2, 0.25) is 0 Å². The molecule has 1 atom stereocenters. The molecule has 1 unspecified atom stereocenters. The molecule has 1 saturated carbocycles. The smallest absolute Gasteiger partial charge is 0.303 e. The first-order valence-corrected chi connectivity index (χ1v) is 8.19. The van der Waals surface area contributed by atoms with Crippen molar-refractivity contribution < 1.29 is 19.0 Å². The van der Waals surface area contributed by atoms with Crippen LogP contribution < -0.4 is 0 Å². The molecule has 1 aliphatic carbocycles. The Bertz CT molecular complexity index is 565. The van der Waals surface area contributed by atoms with E-state index in [1.54, 1.807) is 12.1 Å². The summed E-state index contributed by atoms with van der Waals surface area (Å²) in [6.45, 7) is 0. The fourth-order valence-corrected chi connectivity index (χ4v) is 3.98. The summed E-state index contributed by atoms with van der Waals surface area (Å²) in [5.74, 6) is 0.0609. The summed E-state index contributed by atoms with van der Waals surface area (Å²) in [5, 5.41) is 19.4. The van der Waals surface area contributed by atoms with Crippen LogP contribution in [0.3, 0.4) is 0 Å². The Hall–Kier alpha value is -1.76. The van der Waals surface area contributed by atoms with Gasteiger partial charge in [-0.2, -0.15) is 0 Å². The third-order valence-electron chi connectivity index (χ3n) is 3.72. The van der Waals surface area contributed by atoms with Crippen molar-refractivity contribution in [3.8, 4) is 0 Å². The number of hydrogen-bond acceptors (Lipinski definition) is 4. The Morgan fingerprint density at radius 1 is 1.33 bits per heavy atom. The molecule has 2 rings (SSSR count). The molecule has 0 bridgehead atoms. The Morgan fingerprint density at radius 3 is 2.43 bits per heavy atom. The van der Waals surface area contributed by atoms with Crippen molar-refractivity contribution in [2.75, 3.05) is 11.5 Å². The molecule has 21 heavy (non-hydrogen) atoms.